The molecule has 10 nitrogen and oxygen atoms in total. The van der Waals surface area contributed by atoms with Gasteiger partial charge in [0.1, 0.15) is 0 Å². The average Bonchev–Trinajstić information content (AvgIpc) is 2.97. The van der Waals surface area contributed by atoms with Gasteiger partial charge in [-0.1, -0.05) is 83.9 Å². The monoisotopic (exact) mass is 582 g/mol. The summed E-state index contributed by atoms with van der Waals surface area (Å²) in [4.78, 5) is 39.9. The minimum atomic E-state index is -1.23. The van der Waals surface area contributed by atoms with Gasteiger partial charge < -0.3 is 20.8 Å². The van der Waals surface area contributed by atoms with Crippen LogP contribution in [0.3, 0.4) is 0 Å². The Bertz CT molecular complexity index is 1290. The van der Waals surface area contributed by atoms with Gasteiger partial charge >= 0.3 is 0 Å². The Balaban J connectivity index is 0.000000220. The van der Waals surface area contributed by atoms with Gasteiger partial charge in [0.2, 0.25) is 0 Å². The number of nitrogens with one attached hydrogen (secondary N) is 2. The third-order valence-electron chi connectivity index (χ3n) is 5.62. The predicted molar refractivity (Wildman–Crippen MR) is 150 cm³/mol. The summed E-state index contributed by atoms with van der Waals surface area (Å²) in [6.07, 6.45) is 3.48. The van der Waals surface area contributed by atoms with E-state index in [9.17, 15) is 19.8 Å². The molecule has 0 aliphatic carbocycles. The van der Waals surface area contributed by atoms with Crippen molar-refractivity contribution in [1.82, 2.24) is 30.6 Å². The highest BCUT2D eigenvalue weighted by Crippen LogP contribution is 2.20. The Hall–Kier alpha value is -3.96. The van der Waals surface area contributed by atoms with Gasteiger partial charge in [-0.25, -0.2) is 9.97 Å². The minimum absolute atomic E-state index is 0.231. The molecule has 4 aromatic rings. The van der Waals surface area contributed by atoms with Crippen molar-refractivity contribution in [2.24, 2.45) is 0 Å². The molecule has 0 fully saturated rings. The summed E-state index contributed by atoms with van der Waals surface area (Å²) < 4.78 is 0. The predicted octanol–water partition coefficient (Wildman–Crippen LogP) is 4.08. The van der Waals surface area contributed by atoms with Crippen LogP contribution in [-0.4, -0.2) is 42.0 Å². The van der Waals surface area contributed by atoms with E-state index in [2.05, 4.69) is 30.6 Å². The molecule has 12 heteroatoms. The SMILES string of the molecule is C[C@@H](NC(=O)[C@H](O)c1ccccc1)c1nccnc1Cl.C[C@@H](NC(=O)[C@H](O)c1ccccc1)c1nccnc1Cl. The molecule has 0 radical (unpaired) electrons. The highest BCUT2D eigenvalue weighted by Gasteiger charge is 2.22. The van der Waals surface area contributed by atoms with Crippen LogP contribution in [0.15, 0.2) is 85.5 Å². The molecule has 0 spiro atoms. The van der Waals surface area contributed by atoms with Gasteiger partial charge in [0.15, 0.2) is 22.5 Å². The van der Waals surface area contributed by atoms with Crippen LogP contribution in [0.25, 0.3) is 0 Å². The van der Waals surface area contributed by atoms with E-state index in [1.807, 2.05) is 12.1 Å². The second-order valence-electron chi connectivity index (χ2n) is 8.55. The number of hydrogen-bond donors (Lipinski definition) is 4. The number of benzene rings is 2. The summed E-state index contributed by atoms with van der Waals surface area (Å²) in [6, 6.07) is 16.5. The lowest BCUT2D eigenvalue weighted by Crippen LogP contribution is -2.32. The van der Waals surface area contributed by atoms with Crippen molar-refractivity contribution in [1.29, 1.82) is 0 Å². The highest BCUT2D eigenvalue weighted by molar-refractivity contribution is 6.30. The van der Waals surface area contributed by atoms with Gasteiger partial charge in [0.25, 0.3) is 11.8 Å². The third kappa shape index (κ3) is 8.52. The zero-order valence-electron chi connectivity index (χ0n) is 21.6. The van der Waals surface area contributed by atoms with E-state index < -0.39 is 36.1 Å². The number of hydrogen-bond acceptors (Lipinski definition) is 8. The lowest BCUT2D eigenvalue weighted by Gasteiger charge is -2.17. The number of aliphatic hydroxyl groups excluding tert-OH is 2. The maximum Gasteiger partial charge on any atom is 0.254 e. The van der Waals surface area contributed by atoms with Crippen molar-refractivity contribution in [3.63, 3.8) is 0 Å². The third-order valence-corrected chi connectivity index (χ3v) is 6.21. The Morgan fingerprint density at radius 3 is 1.27 bits per heavy atom. The lowest BCUT2D eigenvalue weighted by molar-refractivity contribution is -0.131. The second-order valence-corrected chi connectivity index (χ2v) is 9.27. The van der Waals surface area contributed by atoms with Gasteiger partial charge in [-0.2, -0.15) is 0 Å². The van der Waals surface area contributed by atoms with E-state index in [1.165, 1.54) is 24.8 Å². The fourth-order valence-corrected chi connectivity index (χ4v) is 4.08. The number of halogens is 2. The van der Waals surface area contributed by atoms with Gasteiger partial charge in [0.05, 0.1) is 23.5 Å². The van der Waals surface area contributed by atoms with Crippen LogP contribution in [0.1, 0.15) is 60.7 Å². The van der Waals surface area contributed by atoms with Crippen LogP contribution < -0.4 is 10.6 Å². The molecule has 0 bridgehead atoms. The molecular weight excluding hydrogens is 555 g/mol. The lowest BCUT2D eigenvalue weighted by atomic mass is 10.1. The molecule has 208 valence electrons. The van der Waals surface area contributed by atoms with E-state index in [-0.39, 0.29) is 10.3 Å². The molecule has 0 saturated heterocycles. The quantitative estimate of drug-likeness (QED) is 0.242. The number of aliphatic hydroxyl groups is 2. The van der Waals surface area contributed by atoms with E-state index in [0.717, 1.165) is 0 Å². The summed E-state index contributed by atoms with van der Waals surface area (Å²) in [5.74, 6) is -1.02. The van der Waals surface area contributed by atoms with Gasteiger partial charge in [0, 0.05) is 24.8 Å². The number of rotatable bonds is 8. The Morgan fingerprint density at radius 1 is 0.625 bits per heavy atom. The van der Waals surface area contributed by atoms with Crippen molar-refractivity contribution < 1.29 is 19.8 Å². The van der Waals surface area contributed by atoms with Crippen LogP contribution in [0.4, 0.5) is 0 Å². The first-order valence-electron chi connectivity index (χ1n) is 12.2. The maximum atomic E-state index is 12.0. The zero-order chi connectivity index (χ0) is 29.1. The molecule has 2 aromatic carbocycles. The highest BCUT2D eigenvalue weighted by atomic mass is 35.5. The van der Waals surface area contributed by atoms with Crippen molar-refractivity contribution in [3.8, 4) is 0 Å². The normalized spacial score (nSPS) is 13.6. The van der Waals surface area contributed by atoms with Crippen LogP contribution >= 0.6 is 23.2 Å². The molecule has 0 saturated carbocycles. The number of amides is 2. The first-order chi connectivity index (χ1) is 19.2. The number of carbonyl (C=O) groups is 2. The fraction of sp³-hybridized carbons (Fsp3) is 0.214. The molecule has 2 heterocycles. The molecule has 0 aliphatic heterocycles. The fourth-order valence-electron chi connectivity index (χ4n) is 3.54. The van der Waals surface area contributed by atoms with Crippen molar-refractivity contribution in [3.05, 3.63) is 118 Å². The van der Waals surface area contributed by atoms with Crippen LogP contribution in [0, 0.1) is 0 Å². The van der Waals surface area contributed by atoms with E-state index in [1.54, 1.807) is 62.4 Å². The summed E-state index contributed by atoms with van der Waals surface area (Å²) in [5.41, 5.74) is 1.98. The summed E-state index contributed by atoms with van der Waals surface area (Å²) in [7, 11) is 0. The summed E-state index contributed by atoms with van der Waals surface area (Å²) >= 11 is 11.8. The molecule has 40 heavy (non-hydrogen) atoms. The van der Waals surface area contributed by atoms with E-state index in [0.29, 0.717) is 22.5 Å². The molecule has 2 aromatic heterocycles. The Kier molecular flexibility index (Phi) is 11.5. The van der Waals surface area contributed by atoms with Gasteiger partial charge in [-0.05, 0) is 25.0 Å². The van der Waals surface area contributed by atoms with Crippen molar-refractivity contribution >= 4 is 35.0 Å². The average molecular weight is 583 g/mol. The molecule has 4 N–H and O–H groups in total. The first-order valence-corrected chi connectivity index (χ1v) is 12.9. The number of carbonyl (C=O) groups excluding carboxylic acids is 2. The zero-order valence-corrected chi connectivity index (χ0v) is 23.2. The molecular formula is C28H28Cl2N6O4. The maximum absolute atomic E-state index is 12.0. The molecule has 4 rings (SSSR count). The minimum Gasteiger partial charge on any atom is -0.378 e. The number of aromatic nitrogens is 4. The van der Waals surface area contributed by atoms with Crippen LogP contribution in [0.5, 0.6) is 0 Å². The molecule has 0 aliphatic rings. The Labute approximate surface area is 241 Å². The smallest absolute Gasteiger partial charge is 0.254 e. The van der Waals surface area contributed by atoms with Gasteiger partial charge in [-0.3, -0.25) is 19.6 Å². The van der Waals surface area contributed by atoms with Gasteiger partial charge in [-0.15, -0.1) is 0 Å². The van der Waals surface area contributed by atoms with E-state index >= 15 is 0 Å². The van der Waals surface area contributed by atoms with Crippen LogP contribution in [-0.2, 0) is 9.59 Å². The largest absolute Gasteiger partial charge is 0.378 e. The molecule has 0 unspecified atom stereocenters. The molecule has 2 amide bonds. The standard InChI is InChI=1S/2C14H14ClN3O2/c2*1-9(11-13(15)17-8-7-16-11)18-14(20)12(19)10-5-3-2-4-6-10/h2*2-9,12,19H,1H3,(H,18,20)/t2*9-,12-/m11/s1. The first kappa shape index (κ1) is 30.6. The van der Waals surface area contributed by atoms with E-state index in [4.69, 9.17) is 23.2 Å². The van der Waals surface area contributed by atoms with Crippen molar-refractivity contribution in [2.45, 2.75) is 38.1 Å². The second kappa shape index (κ2) is 15.0. The topological polar surface area (TPSA) is 150 Å². The molecule has 4 atom stereocenters. The summed E-state index contributed by atoms with van der Waals surface area (Å²) in [6.45, 7) is 3.46. The number of nitrogens with zero attached hydrogens (tertiary/aromatic N) is 4. The summed E-state index contributed by atoms with van der Waals surface area (Å²) in [5, 5.41) is 25.7. The van der Waals surface area contributed by atoms with Crippen LogP contribution in [0.2, 0.25) is 10.3 Å². The Morgan fingerprint density at radius 2 is 0.950 bits per heavy atom. The van der Waals surface area contributed by atoms with Crippen molar-refractivity contribution in [2.75, 3.05) is 0 Å².